The molecule has 0 saturated carbocycles. The molecule has 0 fully saturated rings. The van der Waals surface area contributed by atoms with Crippen LogP contribution in [0, 0.1) is 0 Å². The number of carbonyl (C=O) groups excluding carboxylic acids is 1. The van der Waals surface area contributed by atoms with Crippen molar-refractivity contribution in [1.29, 1.82) is 0 Å². The van der Waals surface area contributed by atoms with Crippen molar-refractivity contribution in [2.75, 3.05) is 20.8 Å². The Hall–Kier alpha value is -1.11. The monoisotopic (exact) mass is 244 g/mol. The number of hydrogen-bond acceptors (Lipinski definition) is 4. The fraction of sp³-hybridized carbons (Fsp3) is 0.500. The number of rotatable bonds is 6. The molecule has 1 aromatic heterocycles. The van der Waals surface area contributed by atoms with Crippen molar-refractivity contribution in [2.45, 2.75) is 12.8 Å². The Morgan fingerprint density at radius 1 is 1.44 bits per heavy atom. The van der Waals surface area contributed by atoms with Crippen molar-refractivity contribution in [2.24, 2.45) is 0 Å². The molecular formula is C10H16N2O3S. The maximum absolute atomic E-state index is 11.3. The molecule has 0 aliphatic carbocycles. The second kappa shape index (κ2) is 7.21. The van der Waals surface area contributed by atoms with Crippen LogP contribution in [0.25, 0.3) is 0 Å². The lowest BCUT2D eigenvalue weighted by Gasteiger charge is -2.14. The summed E-state index contributed by atoms with van der Waals surface area (Å²) in [6, 6.07) is 3.69. The van der Waals surface area contributed by atoms with Gasteiger partial charge >= 0.3 is 6.03 Å². The first kappa shape index (κ1) is 13.0. The van der Waals surface area contributed by atoms with Crippen LogP contribution in [0.3, 0.4) is 0 Å². The fourth-order valence-electron chi connectivity index (χ4n) is 1.08. The SMILES string of the molecule is COC(CNC(=O)NCc1cccs1)OC. The molecule has 0 atom stereocenters. The first-order valence-corrected chi connectivity index (χ1v) is 5.74. The molecule has 2 N–H and O–H groups in total. The van der Waals surface area contributed by atoms with Gasteiger partial charge in [-0.15, -0.1) is 11.3 Å². The third kappa shape index (κ3) is 4.61. The van der Waals surface area contributed by atoms with Gasteiger partial charge in [0.1, 0.15) is 0 Å². The van der Waals surface area contributed by atoms with Crippen LogP contribution in [-0.2, 0) is 16.0 Å². The van der Waals surface area contributed by atoms with Crippen molar-refractivity contribution >= 4 is 17.4 Å². The second-order valence-corrected chi connectivity index (χ2v) is 4.08. The van der Waals surface area contributed by atoms with Crippen molar-refractivity contribution in [3.05, 3.63) is 22.4 Å². The summed E-state index contributed by atoms with van der Waals surface area (Å²) in [5, 5.41) is 7.36. The van der Waals surface area contributed by atoms with Gasteiger partial charge < -0.3 is 20.1 Å². The Balaban J connectivity index is 2.16. The van der Waals surface area contributed by atoms with Gasteiger partial charge in [0, 0.05) is 19.1 Å². The topological polar surface area (TPSA) is 59.6 Å². The number of hydrogen-bond donors (Lipinski definition) is 2. The molecule has 1 aromatic rings. The number of carbonyl (C=O) groups is 1. The van der Waals surface area contributed by atoms with Crippen LogP contribution < -0.4 is 10.6 Å². The minimum absolute atomic E-state index is 0.229. The highest BCUT2D eigenvalue weighted by Crippen LogP contribution is 2.06. The van der Waals surface area contributed by atoms with Gasteiger partial charge in [-0.2, -0.15) is 0 Å². The van der Waals surface area contributed by atoms with E-state index in [9.17, 15) is 4.79 Å². The summed E-state index contributed by atoms with van der Waals surface area (Å²) >= 11 is 1.61. The fourth-order valence-corrected chi connectivity index (χ4v) is 1.73. The van der Waals surface area contributed by atoms with Gasteiger partial charge in [0.05, 0.1) is 13.1 Å². The first-order valence-electron chi connectivity index (χ1n) is 4.86. The molecule has 1 heterocycles. The maximum Gasteiger partial charge on any atom is 0.315 e. The summed E-state index contributed by atoms with van der Waals surface area (Å²) in [7, 11) is 3.05. The highest BCUT2D eigenvalue weighted by Gasteiger charge is 2.07. The quantitative estimate of drug-likeness (QED) is 0.738. The first-order chi connectivity index (χ1) is 7.76. The molecule has 6 heteroatoms. The van der Waals surface area contributed by atoms with Crippen LogP contribution in [-0.4, -0.2) is 33.1 Å². The third-order valence-electron chi connectivity index (χ3n) is 1.96. The Morgan fingerprint density at radius 3 is 2.75 bits per heavy atom. The van der Waals surface area contributed by atoms with E-state index in [-0.39, 0.29) is 6.03 Å². The highest BCUT2D eigenvalue weighted by molar-refractivity contribution is 7.09. The summed E-state index contributed by atoms with van der Waals surface area (Å²) in [5.74, 6) is 0. The third-order valence-corrected chi connectivity index (χ3v) is 2.83. The van der Waals surface area contributed by atoms with Crippen molar-refractivity contribution < 1.29 is 14.3 Å². The van der Waals surface area contributed by atoms with E-state index in [4.69, 9.17) is 9.47 Å². The van der Waals surface area contributed by atoms with E-state index in [1.807, 2.05) is 17.5 Å². The maximum atomic E-state index is 11.3. The van der Waals surface area contributed by atoms with Crippen LogP contribution in [0.5, 0.6) is 0 Å². The lowest BCUT2D eigenvalue weighted by atomic mass is 10.5. The minimum atomic E-state index is -0.410. The normalized spacial score (nSPS) is 10.4. The smallest absolute Gasteiger partial charge is 0.315 e. The zero-order chi connectivity index (χ0) is 11.8. The van der Waals surface area contributed by atoms with Gasteiger partial charge in [-0.3, -0.25) is 0 Å². The minimum Gasteiger partial charge on any atom is -0.354 e. The van der Waals surface area contributed by atoms with Crippen LogP contribution in [0.2, 0.25) is 0 Å². The largest absolute Gasteiger partial charge is 0.354 e. The Kier molecular flexibility index (Phi) is 5.84. The number of amides is 2. The van der Waals surface area contributed by atoms with Crippen LogP contribution in [0.15, 0.2) is 17.5 Å². The number of urea groups is 1. The van der Waals surface area contributed by atoms with Crippen LogP contribution >= 0.6 is 11.3 Å². The summed E-state index contributed by atoms with van der Waals surface area (Å²) < 4.78 is 9.88. The highest BCUT2D eigenvalue weighted by atomic mass is 32.1. The molecule has 16 heavy (non-hydrogen) atoms. The molecule has 0 aromatic carbocycles. The lowest BCUT2D eigenvalue weighted by Crippen LogP contribution is -2.40. The average molecular weight is 244 g/mol. The molecule has 1 rings (SSSR count). The molecule has 0 saturated heterocycles. The molecule has 90 valence electrons. The van der Waals surface area contributed by atoms with Crippen LogP contribution in [0.4, 0.5) is 4.79 Å². The molecule has 2 amide bonds. The number of nitrogens with one attached hydrogen (secondary N) is 2. The van der Waals surface area contributed by atoms with Crippen molar-refractivity contribution in [1.82, 2.24) is 10.6 Å². The molecule has 0 radical (unpaired) electrons. The number of thiophene rings is 1. The van der Waals surface area contributed by atoms with E-state index < -0.39 is 6.29 Å². The zero-order valence-corrected chi connectivity index (χ0v) is 10.2. The van der Waals surface area contributed by atoms with E-state index >= 15 is 0 Å². The van der Waals surface area contributed by atoms with Crippen LogP contribution in [0.1, 0.15) is 4.88 Å². The van der Waals surface area contributed by atoms with E-state index in [2.05, 4.69) is 10.6 Å². The Bertz CT molecular complexity index is 299. The molecule has 5 nitrogen and oxygen atoms in total. The number of ether oxygens (including phenoxy) is 2. The Morgan fingerprint density at radius 2 is 2.19 bits per heavy atom. The van der Waals surface area contributed by atoms with Gasteiger partial charge in [-0.05, 0) is 11.4 Å². The summed E-state index contributed by atoms with van der Waals surface area (Å²) in [5.41, 5.74) is 0. The van der Waals surface area contributed by atoms with Gasteiger partial charge in [0.25, 0.3) is 0 Å². The molecular weight excluding hydrogens is 228 g/mol. The summed E-state index contributed by atoms with van der Waals surface area (Å²) in [6.07, 6.45) is -0.410. The standard InChI is InChI=1S/C10H16N2O3S/c1-14-9(15-2)7-12-10(13)11-6-8-4-3-5-16-8/h3-5,9H,6-7H2,1-2H3,(H2,11,12,13). The van der Waals surface area contributed by atoms with Gasteiger partial charge in [-0.1, -0.05) is 6.07 Å². The average Bonchev–Trinajstić information content (AvgIpc) is 2.80. The molecule has 0 aliphatic rings. The molecule has 0 bridgehead atoms. The zero-order valence-electron chi connectivity index (χ0n) is 9.36. The molecule has 0 aliphatic heterocycles. The summed E-state index contributed by atoms with van der Waals surface area (Å²) in [6.45, 7) is 0.859. The van der Waals surface area contributed by atoms with Gasteiger partial charge in [0.15, 0.2) is 6.29 Å². The molecule has 0 unspecified atom stereocenters. The van der Waals surface area contributed by atoms with E-state index in [0.717, 1.165) is 4.88 Å². The second-order valence-electron chi connectivity index (χ2n) is 3.04. The van der Waals surface area contributed by atoms with E-state index in [1.54, 1.807) is 11.3 Å². The van der Waals surface area contributed by atoms with E-state index in [1.165, 1.54) is 14.2 Å². The predicted octanol–water partition coefficient (Wildman–Crippen LogP) is 1.17. The lowest BCUT2D eigenvalue weighted by molar-refractivity contribution is -0.0971. The van der Waals surface area contributed by atoms with Gasteiger partial charge in [-0.25, -0.2) is 4.79 Å². The number of methoxy groups -OCH3 is 2. The predicted molar refractivity (Wildman–Crippen MR) is 62.4 cm³/mol. The summed E-state index contributed by atoms with van der Waals surface area (Å²) in [4.78, 5) is 12.5. The Labute approximate surface area is 98.7 Å². The van der Waals surface area contributed by atoms with Crippen molar-refractivity contribution in [3.8, 4) is 0 Å². The van der Waals surface area contributed by atoms with Gasteiger partial charge in [0.2, 0.25) is 0 Å². The van der Waals surface area contributed by atoms with E-state index in [0.29, 0.717) is 13.1 Å². The van der Waals surface area contributed by atoms with Crippen molar-refractivity contribution in [3.63, 3.8) is 0 Å². The molecule has 0 spiro atoms.